The Hall–Kier alpha value is -2.02. The molecule has 0 radical (unpaired) electrons. The second-order valence-corrected chi connectivity index (χ2v) is 7.30. The van der Waals surface area contributed by atoms with Gasteiger partial charge in [-0.2, -0.15) is 0 Å². The second-order valence-electron chi connectivity index (χ2n) is 6.42. The van der Waals surface area contributed by atoms with E-state index in [4.69, 9.17) is 14.0 Å². The van der Waals surface area contributed by atoms with Crippen LogP contribution in [0.2, 0.25) is 0 Å². The molecule has 7 heteroatoms. The van der Waals surface area contributed by atoms with Gasteiger partial charge in [0.15, 0.2) is 11.5 Å². The van der Waals surface area contributed by atoms with E-state index in [0.717, 1.165) is 30.8 Å². The molecule has 0 saturated carbocycles. The van der Waals surface area contributed by atoms with Crippen LogP contribution in [0.4, 0.5) is 0 Å². The lowest BCUT2D eigenvalue weighted by Gasteiger charge is -2.23. The Bertz CT molecular complexity index is 752. The Morgan fingerprint density at radius 3 is 3.00 bits per heavy atom. The smallest absolute Gasteiger partial charge is 0.268 e. The summed E-state index contributed by atoms with van der Waals surface area (Å²) in [6.45, 7) is 5.87. The van der Waals surface area contributed by atoms with Crippen molar-refractivity contribution < 1.29 is 18.8 Å². The summed E-state index contributed by atoms with van der Waals surface area (Å²) in [5.41, 5.74) is 0.840. The largest absolute Gasteiger partial charge is 0.485 e. The molecule has 6 nitrogen and oxygen atoms in total. The standard InChI is InChI=1S/C17H20N2O4S/c1-10(2)13-8-11(18-23-13)12-4-3-5-19(12)17(20)16-15-14(9-24-16)21-6-7-22-15/h8-10,12H,3-7H2,1-2H3. The molecule has 0 N–H and O–H groups in total. The van der Waals surface area contributed by atoms with Crippen molar-refractivity contribution in [3.05, 3.63) is 27.8 Å². The molecule has 1 fully saturated rings. The summed E-state index contributed by atoms with van der Waals surface area (Å²) in [5.74, 6) is 2.39. The maximum Gasteiger partial charge on any atom is 0.268 e. The van der Waals surface area contributed by atoms with Gasteiger partial charge in [0, 0.05) is 23.9 Å². The van der Waals surface area contributed by atoms with Gasteiger partial charge in [-0.1, -0.05) is 19.0 Å². The van der Waals surface area contributed by atoms with E-state index < -0.39 is 0 Å². The van der Waals surface area contributed by atoms with Gasteiger partial charge in [-0.3, -0.25) is 4.79 Å². The van der Waals surface area contributed by atoms with Crippen LogP contribution in [0.5, 0.6) is 11.5 Å². The first-order chi connectivity index (χ1) is 11.6. The van der Waals surface area contributed by atoms with Gasteiger partial charge >= 0.3 is 0 Å². The van der Waals surface area contributed by atoms with Crippen molar-refractivity contribution in [3.8, 4) is 11.5 Å². The molecule has 1 amide bonds. The first-order valence-electron chi connectivity index (χ1n) is 8.29. The van der Waals surface area contributed by atoms with Crippen molar-refractivity contribution in [2.45, 2.75) is 38.6 Å². The third-order valence-corrected chi connectivity index (χ3v) is 5.39. The van der Waals surface area contributed by atoms with Gasteiger partial charge in [0.05, 0.1) is 6.04 Å². The zero-order valence-corrected chi connectivity index (χ0v) is 14.6. The van der Waals surface area contributed by atoms with Crippen LogP contribution < -0.4 is 9.47 Å². The van der Waals surface area contributed by atoms with E-state index in [2.05, 4.69) is 19.0 Å². The number of aromatic nitrogens is 1. The third kappa shape index (κ3) is 2.56. The lowest BCUT2D eigenvalue weighted by molar-refractivity contribution is 0.0727. The SMILES string of the molecule is CC(C)c1cc(C2CCCN2C(=O)c2scc3c2OCCO3)no1. The van der Waals surface area contributed by atoms with Crippen LogP contribution in [0.15, 0.2) is 16.0 Å². The fourth-order valence-electron chi connectivity index (χ4n) is 3.19. The summed E-state index contributed by atoms with van der Waals surface area (Å²) >= 11 is 1.38. The minimum atomic E-state index is -0.0315. The highest BCUT2D eigenvalue weighted by atomic mass is 32.1. The number of hydrogen-bond donors (Lipinski definition) is 0. The summed E-state index contributed by atoms with van der Waals surface area (Å²) in [5, 5.41) is 6.05. The summed E-state index contributed by atoms with van der Waals surface area (Å²) in [4.78, 5) is 15.5. The highest BCUT2D eigenvalue weighted by molar-refractivity contribution is 7.12. The molecule has 24 heavy (non-hydrogen) atoms. The summed E-state index contributed by atoms with van der Waals surface area (Å²) in [6.07, 6.45) is 1.87. The Kier molecular flexibility index (Phi) is 3.96. The van der Waals surface area contributed by atoms with Crippen LogP contribution in [0.1, 0.15) is 59.8 Å². The van der Waals surface area contributed by atoms with Crippen LogP contribution in [-0.4, -0.2) is 35.7 Å². The average Bonchev–Trinajstić information content (AvgIpc) is 3.31. The molecule has 2 aliphatic rings. The van der Waals surface area contributed by atoms with Crippen molar-refractivity contribution in [1.82, 2.24) is 10.1 Å². The lowest BCUT2D eigenvalue weighted by Crippen LogP contribution is -2.30. The summed E-state index contributed by atoms with van der Waals surface area (Å²) in [6, 6.07) is 1.95. The zero-order valence-electron chi connectivity index (χ0n) is 13.8. The van der Waals surface area contributed by atoms with Crippen molar-refractivity contribution in [2.75, 3.05) is 19.8 Å². The molecular weight excluding hydrogens is 328 g/mol. The van der Waals surface area contributed by atoms with E-state index in [1.807, 2.05) is 16.3 Å². The topological polar surface area (TPSA) is 64.8 Å². The number of thiophene rings is 1. The van der Waals surface area contributed by atoms with Gasteiger partial charge in [0.25, 0.3) is 5.91 Å². The molecular formula is C17H20N2O4S. The molecule has 1 saturated heterocycles. The highest BCUT2D eigenvalue weighted by Gasteiger charge is 2.36. The van der Waals surface area contributed by atoms with E-state index in [1.165, 1.54) is 11.3 Å². The van der Waals surface area contributed by atoms with Crippen molar-refractivity contribution in [3.63, 3.8) is 0 Å². The number of hydrogen-bond acceptors (Lipinski definition) is 6. The van der Waals surface area contributed by atoms with E-state index in [-0.39, 0.29) is 17.9 Å². The fourth-order valence-corrected chi connectivity index (χ4v) is 4.08. The van der Waals surface area contributed by atoms with Crippen molar-refractivity contribution in [1.29, 1.82) is 0 Å². The first-order valence-corrected chi connectivity index (χ1v) is 9.17. The molecule has 4 heterocycles. The van der Waals surface area contributed by atoms with Crippen LogP contribution in [0.25, 0.3) is 0 Å². The monoisotopic (exact) mass is 348 g/mol. The molecule has 2 aliphatic heterocycles. The number of amides is 1. The Morgan fingerprint density at radius 1 is 1.38 bits per heavy atom. The van der Waals surface area contributed by atoms with E-state index in [1.54, 1.807) is 0 Å². The highest BCUT2D eigenvalue weighted by Crippen LogP contribution is 2.42. The quantitative estimate of drug-likeness (QED) is 0.848. The van der Waals surface area contributed by atoms with Gasteiger partial charge in [-0.15, -0.1) is 11.3 Å². The maximum atomic E-state index is 13.0. The number of nitrogens with zero attached hydrogens (tertiary/aromatic N) is 2. The minimum absolute atomic E-state index is 0.0108. The molecule has 0 bridgehead atoms. The number of ether oxygens (including phenoxy) is 2. The number of likely N-dealkylation sites (tertiary alicyclic amines) is 1. The van der Waals surface area contributed by atoms with E-state index in [0.29, 0.717) is 29.6 Å². The predicted molar refractivity (Wildman–Crippen MR) is 88.9 cm³/mol. The predicted octanol–water partition coefficient (Wildman–Crippen LogP) is 3.61. The molecule has 4 rings (SSSR count). The number of rotatable bonds is 3. The van der Waals surface area contributed by atoms with Gasteiger partial charge < -0.3 is 18.9 Å². The van der Waals surface area contributed by atoms with E-state index in [9.17, 15) is 4.79 Å². The molecule has 0 aliphatic carbocycles. The van der Waals surface area contributed by atoms with Crippen LogP contribution >= 0.6 is 11.3 Å². The lowest BCUT2D eigenvalue weighted by atomic mass is 10.1. The minimum Gasteiger partial charge on any atom is -0.485 e. The molecule has 1 atom stereocenters. The number of carbonyl (C=O) groups is 1. The van der Waals surface area contributed by atoms with Gasteiger partial charge in [0.2, 0.25) is 0 Å². The maximum absolute atomic E-state index is 13.0. The third-order valence-electron chi connectivity index (χ3n) is 4.47. The average molecular weight is 348 g/mol. The Labute approximate surface area is 144 Å². The molecule has 0 aromatic carbocycles. The number of carbonyl (C=O) groups excluding carboxylic acids is 1. The van der Waals surface area contributed by atoms with Crippen LogP contribution in [0.3, 0.4) is 0 Å². The second kappa shape index (κ2) is 6.12. The Morgan fingerprint density at radius 2 is 2.21 bits per heavy atom. The first kappa shape index (κ1) is 15.5. The zero-order chi connectivity index (χ0) is 16.7. The van der Waals surface area contributed by atoms with Crippen LogP contribution in [0, 0.1) is 0 Å². The normalized spacial score (nSPS) is 20.0. The molecule has 1 unspecified atom stereocenters. The van der Waals surface area contributed by atoms with Crippen LogP contribution in [-0.2, 0) is 0 Å². The molecule has 2 aromatic heterocycles. The van der Waals surface area contributed by atoms with Crippen molar-refractivity contribution in [2.24, 2.45) is 0 Å². The fraction of sp³-hybridized carbons (Fsp3) is 0.529. The summed E-state index contributed by atoms with van der Waals surface area (Å²) < 4.78 is 16.6. The van der Waals surface area contributed by atoms with E-state index >= 15 is 0 Å². The molecule has 0 spiro atoms. The number of fused-ring (bicyclic) bond motifs is 1. The Balaban J connectivity index is 1.60. The molecule has 2 aromatic rings. The van der Waals surface area contributed by atoms with Gasteiger partial charge in [-0.05, 0) is 12.8 Å². The van der Waals surface area contributed by atoms with Gasteiger partial charge in [0.1, 0.15) is 29.5 Å². The van der Waals surface area contributed by atoms with Crippen molar-refractivity contribution >= 4 is 17.2 Å². The van der Waals surface area contributed by atoms with Gasteiger partial charge in [-0.25, -0.2) is 0 Å². The summed E-state index contributed by atoms with van der Waals surface area (Å²) in [7, 11) is 0. The molecule has 128 valence electrons.